The van der Waals surface area contributed by atoms with Crippen LogP contribution in [-0.4, -0.2) is 17.8 Å². The minimum absolute atomic E-state index is 0.0420. The highest BCUT2D eigenvalue weighted by Gasteiger charge is 2.29. The molecular formula is C21H24BrNO. The molecule has 0 spiro atoms. The van der Waals surface area contributed by atoms with E-state index in [9.17, 15) is 0 Å². The molecule has 2 atom stereocenters. The minimum Gasteiger partial charge on any atom is -0.469 e. The topological polar surface area (TPSA) is 21.6 Å². The van der Waals surface area contributed by atoms with Crippen molar-refractivity contribution in [3.05, 3.63) is 71.3 Å². The van der Waals surface area contributed by atoms with Crippen LogP contribution in [0.15, 0.2) is 59.6 Å². The van der Waals surface area contributed by atoms with Crippen molar-refractivity contribution in [1.29, 1.82) is 0 Å². The van der Waals surface area contributed by atoms with Crippen molar-refractivity contribution in [2.45, 2.75) is 32.3 Å². The lowest BCUT2D eigenvalue weighted by Crippen LogP contribution is -2.29. The summed E-state index contributed by atoms with van der Waals surface area (Å²) in [4.78, 5) is 4.68. The molecule has 1 heterocycles. The van der Waals surface area contributed by atoms with Crippen LogP contribution in [0.4, 0.5) is 0 Å². The van der Waals surface area contributed by atoms with Crippen molar-refractivity contribution >= 4 is 21.8 Å². The van der Waals surface area contributed by atoms with Crippen LogP contribution in [0.25, 0.3) is 0 Å². The van der Waals surface area contributed by atoms with Gasteiger partial charge in [0.2, 0.25) is 5.90 Å². The average Bonchev–Trinajstić information content (AvgIpc) is 2.61. The van der Waals surface area contributed by atoms with E-state index in [4.69, 9.17) is 4.74 Å². The number of rotatable bonds is 3. The van der Waals surface area contributed by atoms with Crippen LogP contribution in [0.2, 0.25) is 0 Å². The fourth-order valence-electron chi connectivity index (χ4n) is 2.93. The highest BCUT2D eigenvalue weighted by atomic mass is 79.9. The van der Waals surface area contributed by atoms with Crippen molar-refractivity contribution in [3.8, 4) is 0 Å². The van der Waals surface area contributed by atoms with E-state index < -0.39 is 0 Å². The Morgan fingerprint density at radius 1 is 1.04 bits per heavy atom. The number of benzene rings is 2. The predicted molar refractivity (Wildman–Crippen MR) is 104 cm³/mol. The van der Waals surface area contributed by atoms with Gasteiger partial charge in [0.15, 0.2) is 0 Å². The molecule has 2 aromatic carbocycles. The molecule has 0 amide bonds. The molecule has 0 fully saturated rings. The molecule has 0 unspecified atom stereocenters. The predicted octanol–water partition coefficient (Wildman–Crippen LogP) is 5.51. The van der Waals surface area contributed by atoms with Crippen LogP contribution in [-0.2, 0) is 10.2 Å². The summed E-state index contributed by atoms with van der Waals surface area (Å²) in [5.41, 5.74) is 3.74. The van der Waals surface area contributed by atoms with E-state index in [-0.39, 0.29) is 11.5 Å². The third-order valence-corrected chi connectivity index (χ3v) is 5.29. The lowest BCUT2D eigenvalue weighted by molar-refractivity contribution is 0.123. The molecule has 1 aliphatic heterocycles. The molecule has 3 heteroatoms. The monoisotopic (exact) mass is 385 g/mol. The van der Waals surface area contributed by atoms with Gasteiger partial charge in [-0.15, -0.1) is 0 Å². The molecule has 0 saturated carbocycles. The summed E-state index contributed by atoms with van der Waals surface area (Å²) in [7, 11) is 0. The Morgan fingerprint density at radius 2 is 1.71 bits per heavy atom. The number of aliphatic imine (C=N–C) groups is 1. The zero-order chi connectivity index (χ0) is 17.2. The van der Waals surface area contributed by atoms with Crippen LogP contribution in [0.5, 0.6) is 0 Å². The van der Waals surface area contributed by atoms with Gasteiger partial charge in [-0.3, -0.25) is 4.99 Å². The van der Waals surface area contributed by atoms with Gasteiger partial charge in [0, 0.05) is 16.8 Å². The second-order valence-electron chi connectivity index (χ2n) is 7.34. The highest BCUT2D eigenvalue weighted by molar-refractivity contribution is 9.09. The van der Waals surface area contributed by atoms with Gasteiger partial charge >= 0.3 is 0 Å². The van der Waals surface area contributed by atoms with E-state index in [1.54, 1.807) is 0 Å². The third kappa shape index (κ3) is 3.72. The zero-order valence-electron chi connectivity index (χ0n) is 14.5. The van der Waals surface area contributed by atoms with E-state index in [2.05, 4.69) is 90.2 Å². The number of hydrogen-bond acceptors (Lipinski definition) is 2. The quantitative estimate of drug-likeness (QED) is 0.637. The first-order valence-corrected chi connectivity index (χ1v) is 9.54. The lowest BCUT2D eigenvalue weighted by atomic mass is 9.86. The van der Waals surface area contributed by atoms with Gasteiger partial charge in [0.1, 0.15) is 6.10 Å². The summed E-state index contributed by atoms with van der Waals surface area (Å²) in [6, 6.07) is 19.0. The Balaban J connectivity index is 1.85. The number of alkyl halides is 1. The molecule has 0 radical (unpaired) electrons. The Kier molecular flexibility index (Phi) is 5.09. The molecule has 0 N–H and O–H groups in total. The molecule has 0 aromatic heterocycles. The SMILES string of the molecule is CC(C)(C)c1ccc(C2=NC[C@@H](CBr)[C@H](c3ccccc3)O2)cc1. The van der Waals surface area contributed by atoms with Crippen molar-refractivity contribution in [1.82, 2.24) is 0 Å². The third-order valence-electron chi connectivity index (χ3n) is 4.46. The van der Waals surface area contributed by atoms with Gasteiger partial charge in [-0.05, 0) is 28.7 Å². The van der Waals surface area contributed by atoms with Crippen molar-refractivity contribution < 1.29 is 4.74 Å². The summed E-state index contributed by atoms with van der Waals surface area (Å²) >= 11 is 3.61. The Morgan fingerprint density at radius 3 is 2.29 bits per heavy atom. The van der Waals surface area contributed by atoms with Crippen molar-refractivity contribution in [2.75, 3.05) is 11.9 Å². The maximum absolute atomic E-state index is 6.31. The van der Waals surface area contributed by atoms with E-state index >= 15 is 0 Å². The second kappa shape index (κ2) is 7.10. The number of ether oxygens (including phenoxy) is 1. The van der Waals surface area contributed by atoms with Gasteiger partial charge in [0.05, 0.1) is 6.54 Å². The molecule has 1 aliphatic rings. The molecular weight excluding hydrogens is 362 g/mol. The van der Waals surface area contributed by atoms with Crippen LogP contribution >= 0.6 is 15.9 Å². The molecule has 24 heavy (non-hydrogen) atoms. The van der Waals surface area contributed by atoms with E-state index in [1.807, 2.05) is 6.07 Å². The maximum atomic E-state index is 6.31. The first-order valence-electron chi connectivity index (χ1n) is 8.42. The fourth-order valence-corrected chi connectivity index (χ4v) is 3.48. The van der Waals surface area contributed by atoms with Gasteiger partial charge in [-0.2, -0.15) is 0 Å². The summed E-state index contributed by atoms with van der Waals surface area (Å²) in [6.45, 7) is 7.45. The number of hydrogen-bond donors (Lipinski definition) is 0. The summed E-state index contributed by atoms with van der Waals surface area (Å²) < 4.78 is 6.31. The molecule has 2 nitrogen and oxygen atoms in total. The van der Waals surface area contributed by atoms with Gasteiger partial charge in [-0.25, -0.2) is 0 Å². The second-order valence-corrected chi connectivity index (χ2v) is 7.98. The molecule has 0 saturated heterocycles. The first kappa shape index (κ1) is 17.2. The largest absolute Gasteiger partial charge is 0.469 e. The van der Waals surface area contributed by atoms with Gasteiger partial charge in [-0.1, -0.05) is 79.2 Å². The molecule has 2 aromatic rings. The molecule has 0 aliphatic carbocycles. The number of nitrogens with zero attached hydrogens (tertiary/aromatic N) is 1. The number of halogens is 1. The highest BCUT2D eigenvalue weighted by Crippen LogP contribution is 2.33. The van der Waals surface area contributed by atoms with Crippen LogP contribution in [0.1, 0.15) is 43.6 Å². The lowest BCUT2D eigenvalue weighted by Gasteiger charge is -2.31. The van der Waals surface area contributed by atoms with Gasteiger partial charge in [0.25, 0.3) is 0 Å². The van der Waals surface area contributed by atoms with Crippen LogP contribution in [0.3, 0.4) is 0 Å². The minimum atomic E-state index is 0.0420. The van der Waals surface area contributed by atoms with E-state index in [1.165, 1.54) is 11.1 Å². The summed E-state index contributed by atoms with van der Waals surface area (Å²) in [6.07, 6.45) is 0.0420. The maximum Gasteiger partial charge on any atom is 0.216 e. The van der Waals surface area contributed by atoms with Gasteiger partial charge < -0.3 is 4.74 Å². The smallest absolute Gasteiger partial charge is 0.216 e. The van der Waals surface area contributed by atoms with Crippen LogP contribution in [0, 0.1) is 5.92 Å². The van der Waals surface area contributed by atoms with E-state index in [0.29, 0.717) is 5.92 Å². The van der Waals surface area contributed by atoms with Crippen molar-refractivity contribution in [3.63, 3.8) is 0 Å². The Hall–Kier alpha value is -1.61. The molecule has 3 rings (SSSR count). The standard InChI is InChI=1S/C21H24BrNO/c1-21(2,3)18-11-9-16(10-12-18)20-23-14-17(13-22)19(24-20)15-7-5-4-6-8-15/h4-12,17,19H,13-14H2,1-3H3/t17-,19+/m1/s1. The van der Waals surface area contributed by atoms with E-state index in [0.717, 1.165) is 23.3 Å². The van der Waals surface area contributed by atoms with Crippen LogP contribution < -0.4 is 0 Å². The molecule has 126 valence electrons. The van der Waals surface area contributed by atoms with Crippen molar-refractivity contribution in [2.24, 2.45) is 10.9 Å². The zero-order valence-corrected chi connectivity index (χ0v) is 16.1. The average molecular weight is 386 g/mol. The summed E-state index contributed by atoms with van der Waals surface area (Å²) in [5, 5.41) is 0.881. The fraction of sp³-hybridized carbons (Fsp3) is 0.381. The molecule has 0 bridgehead atoms. The summed E-state index contributed by atoms with van der Waals surface area (Å²) in [5.74, 6) is 1.10. The first-order chi connectivity index (χ1) is 11.5. The normalized spacial score (nSPS) is 21.1. The Labute approximate surface area is 153 Å². The Bertz CT molecular complexity index is 701.